The number of benzene rings is 1. The number of carbonyl (C=O) groups is 1. The smallest absolute Gasteiger partial charge is 0.281 e. The zero-order valence-corrected chi connectivity index (χ0v) is 16.6. The van der Waals surface area contributed by atoms with E-state index in [0.29, 0.717) is 19.4 Å². The predicted molar refractivity (Wildman–Crippen MR) is 99.4 cm³/mol. The molecule has 0 spiro atoms. The summed E-state index contributed by atoms with van der Waals surface area (Å²) in [6.07, 6.45) is 1.41. The first-order valence-corrected chi connectivity index (χ1v) is 10.1. The van der Waals surface area contributed by atoms with Gasteiger partial charge in [0.1, 0.15) is 0 Å². The second kappa shape index (κ2) is 7.85. The lowest BCUT2D eigenvalue weighted by molar-refractivity contribution is -0.126. The Hall–Kier alpha value is -1.44. The lowest BCUT2D eigenvalue weighted by atomic mass is 9.96. The van der Waals surface area contributed by atoms with Crippen LogP contribution in [0.3, 0.4) is 0 Å². The molecule has 1 aromatic rings. The summed E-state index contributed by atoms with van der Waals surface area (Å²) in [5, 5.41) is 3.06. The van der Waals surface area contributed by atoms with E-state index >= 15 is 0 Å². The first kappa shape index (κ1) is 19.9. The molecule has 0 aromatic heterocycles. The molecule has 0 radical (unpaired) electrons. The monoisotopic (exact) mass is 367 g/mol. The van der Waals surface area contributed by atoms with E-state index in [1.165, 1.54) is 22.7 Å². The van der Waals surface area contributed by atoms with Crippen LogP contribution in [-0.4, -0.2) is 50.1 Å². The van der Waals surface area contributed by atoms with E-state index in [2.05, 4.69) is 23.5 Å². The first-order valence-electron chi connectivity index (χ1n) is 8.68. The topological polar surface area (TPSA) is 69.7 Å². The summed E-state index contributed by atoms with van der Waals surface area (Å²) in [6, 6.07) is 6.09. The molecule has 6 nitrogen and oxygen atoms in total. The molecule has 0 bridgehead atoms. The second-order valence-corrected chi connectivity index (χ2v) is 9.22. The zero-order chi connectivity index (χ0) is 18.8. The summed E-state index contributed by atoms with van der Waals surface area (Å²) in [7, 11) is -0.442. The maximum absolute atomic E-state index is 12.7. The molecule has 1 saturated heterocycles. The average Bonchev–Trinajstić information content (AvgIpc) is 2.56. The Labute approximate surface area is 151 Å². The predicted octanol–water partition coefficient (Wildman–Crippen LogP) is 2.00. The Bertz CT molecular complexity index is 731. The van der Waals surface area contributed by atoms with Crippen LogP contribution in [0.4, 0.5) is 0 Å². The molecule has 2 atom stereocenters. The maximum Gasteiger partial charge on any atom is 0.281 e. The van der Waals surface area contributed by atoms with Gasteiger partial charge in [0, 0.05) is 27.2 Å². The number of nitrogens with zero attached hydrogens (tertiary/aromatic N) is 2. The quantitative estimate of drug-likeness (QED) is 0.865. The molecule has 1 amide bonds. The van der Waals surface area contributed by atoms with Crippen molar-refractivity contribution in [1.29, 1.82) is 0 Å². The summed E-state index contributed by atoms with van der Waals surface area (Å²) < 4.78 is 27.2. The molecular formula is C18H29N3O3S. The fourth-order valence-electron chi connectivity index (χ4n) is 3.23. The molecule has 1 heterocycles. The number of rotatable bonds is 5. The van der Waals surface area contributed by atoms with Crippen LogP contribution < -0.4 is 5.32 Å². The van der Waals surface area contributed by atoms with Gasteiger partial charge in [0.05, 0.1) is 12.0 Å². The van der Waals surface area contributed by atoms with Gasteiger partial charge in [-0.25, -0.2) is 0 Å². The fourth-order valence-corrected chi connectivity index (χ4v) is 4.42. The molecule has 7 heteroatoms. The third-order valence-electron chi connectivity index (χ3n) is 4.80. The number of hydrogen-bond acceptors (Lipinski definition) is 3. The minimum Gasteiger partial charge on any atom is -0.349 e. The van der Waals surface area contributed by atoms with E-state index in [-0.39, 0.29) is 24.4 Å². The molecule has 0 unspecified atom stereocenters. The van der Waals surface area contributed by atoms with Crippen molar-refractivity contribution >= 4 is 16.1 Å². The Morgan fingerprint density at radius 1 is 1.32 bits per heavy atom. The van der Waals surface area contributed by atoms with Crippen LogP contribution in [0.1, 0.15) is 42.5 Å². The number of piperidine rings is 1. The van der Waals surface area contributed by atoms with Crippen molar-refractivity contribution in [2.24, 2.45) is 5.92 Å². The molecule has 1 aromatic carbocycles. The molecule has 1 aliphatic rings. The summed E-state index contributed by atoms with van der Waals surface area (Å²) in [4.78, 5) is 12.7. The van der Waals surface area contributed by atoms with Gasteiger partial charge in [-0.1, -0.05) is 23.8 Å². The van der Waals surface area contributed by atoms with Crippen molar-refractivity contribution in [1.82, 2.24) is 13.9 Å². The number of aryl methyl sites for hydroxylation is 2. The van der Waals surface area contributed by atoms with Crippen LogP contribution in [0.25, 0.3) is 0 Å². The Balaban J connectivity index is 2.06. The molecule has 0 saturated carbocycles. The van der Waals surface area contributed by atoms with Crippen molar-refractivity contribution in [2.45, 2.75) is 39.7 Å². The normalized spacial score (nSPS) is 20.5. The highest BCUT2D eigenvalue weighted by molar-refractivity contribution is 7.86. The Kier molecular flexibility index (Phi) is 6.24. The minimum absolute atomic E-state index is 0.0768. The van der Waals surface area contributed by atoms with Gasteiger partial charge in [0.2, 0.25) is 5.91 Å². The average molecular weight is 368 g/mol. The minimum atomic E-state index is -3.47. The van der Waals surface area contributed by atoms with Crippen LogP contribution in [0.2, 0.25) is 0 Å². The van der Waals surface area contributed by atoms with Gasteiger partial charge in [0.25, 0.3) is 10.2 Å². The molecule has 1 aliphatic heterocycles. The molecule has 1 fully saturated rings. The SMILES string of the molecule is Cc1ccc(C)c([C@H](C)NC(=O)[C@H]2CCCN(S(=O)(=O)N(C)C)C2)c1. The van der Waals surface area contributed by atoms with Gasteiger partial charge in [-0.2, -0.15) is 17.0 Å². The van der Waals surface area contributed by atoms with Crippen molar-refractivity contribution in [3.63, 3.8) is 0 Å². The molecule has 2 rings (SSSR count). The first-order chi connectivity index (χ1) is 11.6. The van der Waals surface area contributed by atoms with Gasteiger partial charge in [0.15, 0.2) is 0 Å². The highest BCUT2D eigenvalue weighted by atomic mass is 32.2. The zero-order valence-electron chi connectivity index (χ0n) is 15.7. The van der Waals surface area contributed by atoms with Crippen LogP contribution in [0.15, 0.2) is 18.2 Å². The lowest BCUT2D eigenvalue weighted by Gasteiger charge is -2.33. The van der Waals surface area contributed by atoms with Crippen LogP contribution >= 0.6 is 0 Å². The highest BCUT2D eigenvalue weighted by Gasteiger charge is 2.33. The van der Waals surface area contributed by atoms with Crippen LogP contribution in [-0.2, 0) is 15.0 Å². The Morgan fingerprint density at radius 2 is 2.00 bits per heavy atom. The highest BCUT2D eigenvalue weighted by Crippen LogP contribution is 2.23. The number of nitrogens with one attached hydrogen (secondary N) is 1. The van der Waals surface area contributed by atoms with E-state index in [1.54, 1.807) is 0 Å². The second-order valence-electron chi connectivity index (χ2n) is 7.08. The maximum atomic E-state index is 12.7. The molecule has 0 aliphatic carbocycles. The largest absolute Gasteiger partial charge is 0.349 e. The third kappa shape index (κ3) is 4.59. The van der Waals surface area contributed by atoms with Crippen LogP contribution in [0.5, 0.6) is 0 Å². The van der Waals surface area contributed by atoms with Crippen molar-refractivity contribution in [2.75, 3.05) is 27.2 Å². The van der Waals surface area contributed by atoms with Gasteiger partial charge in [-0.15, -0.1) is 0 Å². The number of hydrogen-bond donors (Lipinski definition) is 1. The molecule has 1 N–H and O–H groups in total. The summed E-state index contributed by atoms with van der Waals surface area (Å²) in [5.74, 6) is -0.386. The van der Waals surface area contributed by atoms with Gasteiger partial charge < -0.3 is 5.32 Å². The van der Waals surface area contributed by atoms with E-state index in [4.69, 9.17) is 0 Å². The van der Waals surface area contributed by atoms with Gasteiger partial charge in [-0.05, 0) is 44.7 Å². The fraction of sp³-hybridized carbons (Fsp3) is 0.611. The van der Waals surface area contributed by atoms with E-state index in [1.807, 2.05) is 20.8 Å². The standard InChI is InChI=1S/C18H29N3O3S/c1-13-8-9-14(2)17(11-13)15(3)19-18(22)16-7-6-10-21(12-16)25(23,24)20(4)5/h8-9,11,15-16H,6-7,10,12H2,1-5H3,(H,19,22)/t15-,16-/m0/s1. The Morgan fingerprint density at radius 3 is 2.64 bits per heavy atom. The molecule has 140 valence electrons. The van der Waals surface area contributed by atoms with Gasteiger partial charge in [-0.3, -0.25) is 4.79 Å². The lowest BCUT2D eigenvalue weighted by Crippen LogP contribution is -2.49. The number of amides is 1. The van der Waals surface area contributed by atoms with Gasteiger partial charge >= 0.3 is 0 Å². The van der Waals surface area contributed by atoms with E-state index < -0.39 is 10.2 Å². The molecule has 25 heavy (non-hydrogen) atoms. The number of carbonyl (C=O) groups excluding carboxylic acids is 1. The van der Waals surface area contributed by atoms with Crippen LogP contribution in [0, 0.1) is 19.8 Å². The third-order valence-corrected chi connectivity index (χ3v) is 6.71. The summed E-state index contributed by atoms with van der Waals surface area (Å²) in [6.45, 7) is 6.74. The van der Waals surface area contributed by atoms with Crippen molar-refractivity contribution < 1.29 is 13.2 Å². The summed E-state index contributed by atoms with van der Waals surface area (Å²) >= 11 is 0. The van der Waals surface area contributed by atoms with E-state index in [0.717, 1.165) is 16.7 Å². The van der Waals surface area contributed by atoms with Crippen molar-refractivity contribution in [3.05, 3.63) is 34.9 Å². The summed E-state index contributed by atoms with van der Waals surface area (Å²) in [5.41, 5.74) is 3.39. The molecular weight excluding hydrogens is 338 g/mol. The van der Waals surface area contributed by atoms with Crippen molar-refractivity contribution in [3.8, 4) is 0 Å². The van der Waals surface area contributed by atoms with E-state index in [9.17, 15) is 13.2 Å².